The zero-order valence-corrected chi connectivity index (χ0v) is 15.4. The summed E-state index contributed by atoms with van der Waals surface area (Å²) in [6.07, 6.45) is 2.68. The number of nitrogens with zero attached hydrogens (tertiary/aromatic N) is 2. The average Bonchev–Trinajstić information content (AvgIpc) is 2.88. The number of para-hydroxylation sites is 1. The van der Waals surface area contributed by atoms with E-state index in [1.807, 2.05) is 50.4 Å². The molecule has 1 aromatic heterocycles. The second-order valence-corrected chi connectivity index (χ2v) is 6.81. The Hall–Kier alpha value is -1.82. The number of benzene rings is 1. The standard InChI is InChI=1S/C17H22BrN3O2/c1-5-12(2)19-16(22)17(3,4)23-15-14(18)11-21(20-15)13-9-7-6-8-10-13/h6-12H,5H2,1-4H3,(H,19,22)/t12-/m1/s1. The van der Waals surface area contributed by atoms with Crippen LogP contribution in [0.4, 0.5) is 0 Å². The van der Waals surface area contributed by atoms with Crippen LogP contribution in [0.3, 0.4) is 0 Å². The lowest BCUT2D eigenvalue weighted by Gasteiger charge is -2.26. The molecule has 0 aliphatic carbocycles. The van der Waals surface area contributed by atoms with Gasteiger partial charge in [0, 0.05) is 12.2 Å². The quantitative estimate of drug-likeness (QED) is 0.831. The van der Waals surface area contributed by atoms with Crippen molar-refractivity contribution >= 4 is 21.8 Å². The van der Waals surface area contributed by atoms with Crippen LogP contribution in [0.15, 0.2) is 41.0 Å². The van der Waals surface area contributed by atoms with Crippen molar-refractivity contribution in [2.24, 2.45) is 0 Å². The van der Waals surface area contributed by atoms with Gasteiger partial charge in [-0.25, -0.2) is 4.68 Å². The van der Waals surface area contributed by atoms with Gasteiger partial charge in [-0.3, -0.25) is 4.79 Å². The molecule has 2 rings (SSSR count). The predicted molar refractivity (Wildman–Crippen MR) is 93.9 cm³/mol. The monoisotopic (exact) mass is 379 g/mol. The molecule has 0 aliphatic rings. The second-order valence-electron chi connectivity index (χ2n) is 5.96. The minimum Gasteiger partial charge on any atom is -0.460 e. The third-order valence-electron chi connectivity index (χ3n) is 3.55. The number of halogens is 1. The van der Waals surface area contributed by atoms with Gasteiger partial charge in [0.1, 0.15) is 0 Å². The van der Waals surface area contributed by atoms with E-state index < -0.39 is 5.60 Å². The molecule has 6 heteroatoms. The largest absolute Gasteiger partial charge is 0.460 e. The van der Waals surface area contributed by atoms with Crippen LogP contribution >= 0.6 is 15.9 Å². The van der Waals surface area contributed by atoms with E-state index in [0.717, 1.165) is 12.1 Å². The highest BCUT2D eigenvalue weighted by Crippen LogP contribution is 2.28. The van der Waals surface area contributed by atoms with Crippen molar-refractivity contribution in [3.63, 3.8) is 0 Å². The van der Waals surface area contributed by atoms with Crippen molar-refractivity contribution in [2.75, 3.05) is 0 Å². The number of nitrogens with one attached hydrogen (secondary N) is 1. The highest BCUT2D eigenvalue weighted by molar-refractivity contribution is 9.10. The Bertz CT molecular complexity index is 668. The first kappa shape index (κ1) is 17.5. The van der Waals surface area contributed by atoms with Crippen molar-refractivity contribution in [1.29, 1.82) is 0 Å². The van der Waals surface area contributed by atoms with Crippen LogP contribution in [0.5, 0.6) is 5.88 Å². The number of carbonyl (C=O) groups excluding carboxylic acids is 1. The summed E-state index contributed by atoms with van der Waals surface area (Å²) in [6, 6.07) is 9.83. The van der Waals surface area contributed by atoms with Gasteiger partial charge < -0.3 is 10.1 Å². The molecule has 0 spiro atoms. The van der Waals surface area contributed by atoms with Gasteiger partial charge in [-0.1, -0.05) is 25.1 Å². The molecule has 124 valence electrons. The first-order chi connectivity index (χ1) is 10.8. The van der Waals surface area contributed by atoms with Gasteiger partial charge in [-0.15, -0.1) is 5.10 Å². The Kier molecular flexibility index (Phi) is 5.46. The number of amides is 1. The molecule has 2 aromatic rings. The van der Waals surface area contributed by atoms with Crippen LogP contribution < -0.4 is 10.1 Å². The van der Waals surface area contributed by atoms with Crippen molar-refractivity contribution in [2.45, 2.75) is 45.8 Å². The summed E-state index contributed by atoms with van der Waals surface area (Å²) in [6.45, 7) is 7.46. The number of aromatic nitrogens is 2. The summed E-state index contributed by atoms with van der Waals surface area (Å²) < 4.78 is 8.26. The summed E-state index contributed by atoms with van der Waals surface area (Å²) in [5.74, 6) is 0.228. The zero-order chi connectivity index (χ0) is 17.0. The van der Waals surface area contributed by atoms with E-state index >= 15 is 0 Å². The minimum absolute atomic E-state index is 0.107. The Morgan fingerprint density at radius 3 is 2.65 bits per heavy atom. The smallest absolute Gasteiger partial charge is 0.263 e. The van der Waals surface area contributed by atoms with Gasteiger partial charge in [0.15, 0.2) is 5.60 Å². The van der Waals surface area contributed by atoms with Gasteiger partial charge in [-0.05, 0) is 55.3 Å². The van der Waals surface area contributed by atoms with Gasteiger partial charge in [-0.2, -0.15) is 0 Å². The summed E-state index contributed by atoms with van der Waals surface area (Å²) in [5.41, 5.74) is -0.0909. The summed E-state index contributed by atoms with van der Waals surface area (Å²) in [5, 5.41) is 7.35. The molecule has 1 atom stereocenters. The molecule has 0 aliphatic heterocycles. The maximum atomic E-state index is 12.3. The SMILES string of the molecule is CC[C@@H](C)NC(=O)C(C)(C)Oc1nn(-c2ccccc2)cc1Br. The predicted octanol–water partition coefficient (Wildman–Crippen LogP) is 3.71. The lowest BCUT2D eigenvalue weighted by molar-refractivity contribution is -0.135. The average molecular weight is 380 g/mol. The molecule has 0 bridgehead atoms. The zero-order valence-electron chi connectivity index (χ0n) is 13.8. The van der Waals surface area contributed by atoms with Crippen LogP contribution in [-0.2, 0) is 4.79 Å². The van der Waals surface area contributed by atoms with Crippen LogP contribution in [0, 0.1) is 0 Å². The number of hydrogen-bond acceptors (Lipinski definition) is 3. The van der Waals surface area contributed by atoms with Gasteiger partial charge >= 0.3 is 0 Å². The first-order valence-corrected chi connectivity index (χ1v) is 8.43. The minimum atomic E-state index is -1.01. The summed E-state index contributed by atoms with van der Waals surface area (Å²) in [7, 11) is 0. The highest BCUT2D eigenvalue weighted by Gasteiger charge is 2.32. The van der Waals surface area contributed by atoms with E-state index in [1.165, 1.54) is 0 Å². The van der Waals surface area contributed by atoms with E-state index in [4.69, 9.17) is 4.74 Å². The lowest BCUT2D eigenvalue weighted by atomic mass is 10.1. The fourth-order valence-corrected chi connectivity index (χ4v) is 2.26. The fourth-order valence-electron chi connectivity index (χ4n) is 1.91. The van der Waals surface area contributed by atoms with Crippen LogP contribution in [-0.4, -0.2) is 27.3 Å². The van der Waals surface area contributed by atoms with Gasteiger partial charge in [0.05, 0.1) is 10.2 Å². The lowest BCUT2D eigenvalue weighted by Crippen LogP contribution is -2.49. The van der Waals surface area contributed by atoms with E-state index in [-0.39, 0.29) is 11.9 Å². The van der Waals surface area contributed by atoms with Gasteiger partial charge in [0.2, 0.25) is 5.88 Å². The fraction of sp³-hybridized carbons (Fsp3) is 0.412. The van der Waals surface area contributed by atoms with E-state index in [9.17, 15) is 4.79 Å². The maximum Gasteiger partial charge on any atom is 0.263 e. The molecule has 23 heavy (non-hydrogen) atoms. The first-order valence-electron chi connectivity index (χ1n) is 7.64. The third-order valence-corrected chi connectivity index (χ3v) is 4.09. The Labute approximate surface area is 145 Å². The molecule has 1 amide bonds. The number of ether oxygens (including phenoxy) is 1. The molecular weight excluding hydrogens is 358 g/mol. The van der Waals surface area contributed by atoms with Crippen molar-refractivity contribution in [3.05, 3.63) is 41.0 Å². The molecule has 0 saturated heterocycles. The Morgan fingerprint density at radius 2 is 2.04 bits per heavy atom. The highest BCUT2D eigenvalue weighted by atomic mass is 79.9. The molecule has 0 unspecified atom stereocenters. The third kappa shape index (κ3) is 4.34. The number of carbonyl (C=O) groups is 1. The Morgan fingerprint density at radius 1 is 1.39 bits per heavy atom. The van der Waals surface area contributed by atoms with Crippen molar-refractivity contribution in [1.82, 2.24) is 15.1 Å². The second kappa shape index (κ2) is 7.17. The summed E-state index contributed by atoms with van der Waals surface area (Å²) in [4.78, 5) is 12.3. The van der Waals surface area contributed by atoms with E-state index in [0.29, 0.717) is 10.4 Å². The molecule has 0 radical (unpaired) electrons. The maximum absolute atomic E-state index is 12.3. The molecule has 1 heterocycles. The number of rotatable bonds is 6. The Balaban J connectivity index is 2.16. The molecule has 1 aromatic carbocycles. The van der Waals surface area contributed by atoms with Crippen LogP contribution in [0.25, 0.3) is 5.69 Å². The summed E-state index contributed by atoms with van der Waals surface area (Å²) >= 11 is 3.44. The van der Waals surface area contributed by atoms with Crippen molar-refractivity contribution < 1.29 is 9.53 Å². The topological polar surface area (TPSA) is 56.1 Å². The van der Waals surface area contributed by atoms with E-state index in [2.05, 4.69) is 26.3 Å². The van der Waals surface area contributed by atoms with Gasteiger partial charge in [0.25, 0.3) is 5.91 Å². The van der Waals surface area contributed by atoms with Crippen LogP contribution in [0.2, 0.25) is 0 Å². The normalized spacial score (nSPS) is 12.7. The molecule has 0 fully saturated rings. The van der Waals surface area contributed by atoms with Crippen molar-refractivity contribution in [3.8, 4) is 11.6 Å². The molecule has 1 N–H and O–H groups in total. The van der Waals surface area contributed by atoms with Crippen LogP contribution in [0.1, 0.15) is 34.1 Å². The molecule has 5 nitrogen and oxygen atoms in total. The molecular formula is C17H22BrN3O2. The van der Waals surface area contributed by atoms with E-state index in [1.54, 1.807) is 18.5 Å². The number of hydrogen-bond donors (Lipinski definition) is 1. The molecule has 0 saturated carbocycles.